The molecule has 0 atom stereocenters. The molecule has 7 nitrogen and oxygen atoms in total. The fourth-order valence-corrected chi connectivity index (χ4v) is 3.21. The second-order valence-electron chi connectivity index (χ2n) is 6.84. The van der Waals surface area contributed by atoms with Crippen molar-refractivity contribution in [2.24, 2.45) is 10.9 Å². The van der Waals surface area contributed by atoms with Gasteiger partial charge in [0.25, 0.3) is 0 Å². The van der Waals surface area contributed by atoms with Crippen molar-refractivity contribution < 1.29 is 18.9 Å². The van der Waals surface area contributed by atoms with Crippen molar-refractivity contribution >= 4 is 29.9 Å². The molecule has 0 aromatic heterocycles. The molecule has 2 rings (SSSR count). The molecule has 0 amide bonds. The van der Waals surface area contributed by atoms with Gasteiger partial charge in [-0.05, 0) is 25.2 Å². The van der Waals surface area contributed by atoms with Gasteiger partial charge in [0.1, 0.15) is 0 Å². The summed E-state index contributed by atoms with van der Waals surface area (Å²) in [5.41, 5.74) is -0.150. The molecule has 2 fully saturated rings. The molecule has 0 aromatic rings. The normalized spacial score (nSPS) is 21.1. The van der Waals surface area contributed by atoms with Gasteiger partial charge in [-0.3, -0.25) is 4.99 Å². The van der Waals surface area contributed by atoms with Crippen molar-refractivity contribution in [3.05, 3.63) is 0 Å². The Morgan fingerprint density at radius 1 is 1.12 bits per heavy atom. The zero-order valence-electron chi connectivity index (χ0n) is 16.3. The molecular weight excluding hydrogens is 449 g/mol. The van der Waals surface area contributed by atoms with Gasteiger partial charge in [0.2, 0.25) is 0 Å². The van der Waals surface area contributed by atoms with Crippen LogP contribution in [0.15, 0.2) is 4.99 Å². The van der Waals surface area contributed by atoms with Crippen LogP contribution >= 0.6 is 24.0 Å². The largest absolute Gasteiger partial charge is 0.381 e. The molecule has 2 N–H and O–H groups in total. The van der Waals surface area contributed by atoms with Crippen molar-refractivity contribution in [2.75, 3.05) is 66.9 Å². The second kappa shape index (κ2) is 13.9. The first-order valence-corrected chi connectivity index (χ1v) is 9.51. The standard InChI is InChI=1S/C18H35N3O4.HI/c1-19-17(21-15-18(22-2)6-12-24-13-7-18)20-8-3-9-25-14-16-4-10-23-11-5-16;/h16H,3-15H2,1-2H3,(H2,19,20,21);1H. The Morgan fingerprint density at radius 3 is 2.46 bits per heavy atom. The molecule has 26 heavy (non-hydrogen) atoms. The fourth-order valence-electron chi connectivity index (χ4n) is 3.21. The smallest absolute Gasteiger partial charge is 0.191 e. The highest BCUT2D eigenvalue weighted by molar-refractivity contribution is 14.0. The molecule has 8 heteroatoms. The van der Waals surface area contributed by atoms with Crippen LogP contribution in [0.4, 0.5) is 0 Å². The van der Waals surface area contributed by atoms with Gasteiger partial charge in [-0.2, -0.15) is 0 Å². The van der Waals surface area contributed by atoms with E-state index in [0.717, 1.165) is 90.8 Å². The van der Waals surface area contributed by atoms with Gasteiger partial charge in [0.15, 0.2) is 5.96 Å². The number of nitrogens with one attached hydrogen (secondary N) is 2. The third-order valence-electron chi connectivity index (χ3n) is 5.09. The van der Waals surface area contributed by atoms with E-state index in [4.69, 9.17) is 18.9 Å². The number of halogens is 1. The van der Waals surface area contributed by atoms with Crippen LogP contribution in [0.5, 0.6) is 0 Å². The van der Waals surface area contributed by atoms with Gasteiger partial charge < -0.3 is 29.6 Å². The number of nitrogens with zero attached hydrogens (tertiary/aromatic N) is 1. The van der Waals surface area contributed by atoms with E-state index in [1.165, 1.54) is 0 Å². The number of ether oxygens (including phenoxy) is 4. The predicted molar refractivity (Wildman–Crippen MR) is 114 cm³/mol. The molecule has 0 saturated carbocycles. The lowest BCUT2D eigenvalue weighted by Crippen LogP contribution is -2.50. The van der Waals surface area contributed by atoms with Crippen LogP contribution in [0.25, 0.3) is 0 Å². The Kier molecular flexibility index (Phi) is 12.8. The molecule has 154 valence electrons. The average Bonchev–Trinajstić information content (AvgIpc) is 2.68. The Balaban J connectivity index is 0.00000338. The average molecular weight is 485 g/mol. The zero-order valence-corrected chi connectivity index (χ0v) is 18.6. The highest BCUT2D eigenvalue weighted by Crippen LogP contribution is 2.23. The van der Waals surface area contributed by atoms with E-state index in [1.807, 2.05) is 0 Å². The lowest BCUT2D eigenvalue weighted by atomic mass is 9.94. The molecule has 0 aromatic carbocycles. The van der Waals surface area contributed by atoms with Crippen LogP contribution < -0.4 is 10.6 Å². The van der Waals surface area contributed by atoms with E-state index in [0.29, 0.717) is 5.92 Å². The monoisotopic (exact) mass is 485 g/mol. The van der Waals surface area contributed by atoms with Gasteiger partial charge in [0.05, 0.1) is 5.60 Å². The number of hydrogen-bond acceptors (Lipinski definition) is 5. The van der Waals surface area contributed by atoms with E-state index in [2.05, 4.69) is 15.6 Å². The minimum atomic E-state index is -0.150. The molecule has 2 saturated heterocycles. The summed E-state index contributed by atoms with van der Waals surface area (Å²) in [6.07, 6.45) is 5.04. The first kappa shape index (κ1) is 23.9. The fraction of sp³-hybridized carbons (Fsp3) is 0.944. The molecule has 0 bridgehead atoms. The van der Waals surface area contributed by atoms with Crippen molar-refractivity contribution in [2.45, 2.75) is 37.7 Å². The van der Waals surface area contributed by atoms with Crippen molar-refractivity contribution in [1.82, 2.24) is 10.6 Å². The van der Waals surface area contributed by atoms with Crippen LogP contribution in [-0.2, 0) is 18.9 Å². The lowest BCUT2D eigenvalue weighted by molar-refractivity contribution is -0.0855. The molecule has 0 spiro atoms. The van der Waals surface area contributed by atoms with Gasteiger partial charge in [-0.25, -0.2) is 0 Å². The van der Waals surface area contributed by atoms with E-state index < -0.39 is 0 Å². The minimum absolute atomic E-state index is 0. The number of rotatable bonds is 9. The number of guanidine groups is 1. The van der Waals surface area contributed by atoms with Crippen molar-refractivity contribution in [1.29, 1.82) is 0 Å². The molecule has 2 aliphatic heterocycles. The lowest BCUT2D eigenvalue weighted by Gasteiger charge is -2.36. The number of aliphatic imine (C=N–C) groups is 1. The van der Waals surface area contributed by atoms with Crippen LogP contribution in [-0.4, -0.2) is 78.4 Å². The molecule has 0 radical (unpaired) electrons. The Morgan fingerprint density at radius 2 is 1.81 bits per heavy atom. The minimum Gasteiger partial charge on any atom is -0.381 e. The summed E-state index contributed by atoms with van der Waals surface area (Å²) >= 11 is 0. The third-order valence-corrected chi connectivity index (χ3v) is 5.09. The van der Waals surface area contributed by atoms with Crippen LogP contribution in [0.2, 0.25) is 0 Å². The summed E-state index contributed by atoms with van der Waals surface area (Å²) in [4.78, 5) is 4.28. The number of methoxy groups -OCH3 is 1. The van der Waals surface area contributed by atoms with E-state index in [9.17, 15) is 0 Å². The summed E-state index contributed by atoms with van der Waals surface area (Å²) in [5, 5.41) is 6.72. The maximum atomic E-state index is 5.79. The SMILES string of the molecule is CN=C(NCCCOCC1CCOCC1)NCC1(OC)CCOCC1.I. The zero-order chi connectivity index (χ0) is 17.8. The van der Waals surface area contributed by atoms with E-state index >= 15 is 0 Å². The maximum Gasteiger partial charge on any atom is 0.191 e. The van der Waals surface area contributed by atoms with Crippen LogP contribution in [0, 0.1) is 5.92 Å². The highest BCUT2D eigenvalue weighted by atomic mass is 127. The summed E-state index contributed by atoms with van der Waals surface area (Å²) < 4.78 is 22.3. The van der Waals surface area contributed by atoms with Crippen LogP contribution in [0.3, 0.4) is 0 Å². The topological polar surface area (TPSA) is 73.3 Å². The van der Waals surface area contributed by atoms with Crippen molar-refractivity contribution in [3.8, 4) is 0 Å². The Hall–Kier alpha value is -0.160. The first-order valence-electron chi connectivity index (χ1n) is 9.51. The summed E-state index contributed by atoms with van der Waals surface area (Å²) in [7, 11) is 3.57. The number of hydrogen-bond donors (Lipinski definition) is 2. The first-order chi connectivity index (χ1) is 12.3. The van der Waals surface area contributed by atoms with E-state index in [-0.39, 0.29) is 29.6 Å². The van der Waals surface area contributed by atoms with Gasteiger partial charge >= 0.3 is 0 Å². The molecule has 2 aliphatic rings. The molecule has 0 aliphatic carbocycles. The molecule has 2 heterocycles. The summed E-state index contributed by atoms with van der Waals surface area (Å²) in [6, 6.07) is 0. The van der Waals surface area contributed by atoms with Crippen LogP contribution in [0.1, 0.15) is 32.1 Å². The highest BCUT2D eigenvalue weighted by Gasteiger charge is 2.32. The summed E-state index contributed by atoms with van der Waals surface area (Å²) in [6.45, 7) is 6.50. The van der Waals surface area contributed by atoms with E-state index in [1.54, 1.807) is 14.2 Å². The van der Waals surface area contributed by atoms with Gasteiger partial charge in [0, 0.05) is 79.7 Å². The Bertz CT molecular complexity index is 387. The van der Waals surface area contributed by atoms with Gasteiger partial charge in [-0.1, -0.05) is 0 Å². The van der Waals surface area contributed by atoms with Gasteiger partial charge in [-0.15, -0.1) is 24.0 Å². The second-order valence-corrected chi connectivity index (χ2v) is 6.84. The van der Waals surface area contributed by atoms with Crippen molar-refractivity contribution in [3.63, 3.8) is 0 Å². The quantitative estimate of drug-likeness (QED) is 0.225. The molecular formula is C18H36IN3O4. The maximum absolute atomic E-state index is 5.79. The Labute approximate surface area is 175 Å². The molecule has 0 unspecified atom stereocenters. The summed E-state index contributed by atoms with van der Waals surface area (Å²) in [5.74, 6) is 1.48. The third kappa shape index (κ3) is 8.69. The predicted octanol–water partition coefficient (Wildman–Crippen LogP) is 1.80.